The molecule has 1 N–H and O–H groups in total. The molecule has 0 radical (unpaired) electrons. The van der Waals surface area contributed by atoms with Crippen molar-refractivity contribution in [2.45, 2.75) is 12.6 Å². The number of anilines is 2. The predicted molar refractivity (Wildman–Crippen MR) is 78.0 cm³/mol. The Morgan fingerprint density at radius 2 is 1.86 bits per heavy atom. The van der Waals surface area contributed by atoms with Gasteiger partial charge in [-0.1, -0.05) is 24.3 Å². The molecule has 2 aromatic rings. The zero-order valence-electron chi connectivity index (χ0n) is 11.5. The van der Waals surface area contributed by atoms with E-state index in [-0.39, 0.29) is 5.69 Å². The first-order valence-electron chi connectivity index (χ1n) is 6.79. The first-order valence-corrected chi connectivity index (χ1v) is 6.79. The number of amides is 2. The minimum absolute atomic E-state index is 0.129. The topological polar surface area (TPSA) is 32.3 Å². The molecule has 0 spiro atoms. The van der Waals surface area contributed by atoms with Gasteiger partial charge in [0, 0.05) is 17.9 Å². The van der Waals surface area contributed by atoms with Crippen LogP contribution >= 0.6 is 0 Å². The summed E-state index contributed by atoms with van der Waals surface area (Å²) in [5.74, 6) is 0. The number of halogens is 3. The van der Waals surface area contributed by atoms with Crippen LogP contribution in [0.4, 0.5) is 29.3 Å². The highest BCUT2D eigenvalue weighted by molar-refractivity contribution is 6.03. The largest absolute Gasteiger partial charge is 0.416 e. The van der Waals surface area contributed by atoms with Gasteiger partial charge in [0.1, 0.15) is 0 Å². The standard InChI is InChI=1S/C16H13F3N2O/c17-16(18,19)12-5-3-6-13(10-12)20-15(22)21-9-8-11-4-1-2-7-14(11)21/h1-7,10H,8-9H2,(H,20,22). The number of para-hydroxylation sites is 1. The van der Waals surface area contributed by atoms with Crippen molar-refractivity contribution in [3.05, 3.63) is 59.7 Å². The number of benzene rings is 2. The summed E-state index contributed by atoms with van der Waals surface area (Å²) in [7, 11) is 0. The quantitative estimate of drug-likeness (QED) is 0.837. The van der Waals surface area contributed by atoms with Crippen molar-refractivity contribution >= 4 is 17.4 Å². The second kappa shape index (κ2) is 5.36. The third-order valence-corrected chi connectivity index (χ3v) is 3.57. The number of nitrogens with zero attached hydrogens (tertiary/aromatic N) is 1. The minimum Gasteiger partial charge on any atom is -0.308 e. The number of hydrogen-bond acceptors (Lipinski definition) is 1. The SMILES string of the molecule is O=C(Nc1cccc(C(F)(F)F)c1)N1CCc2ccccc21. The number of alkyl halides is 3. The highest BCUT2D eigenvalue weighted by Gasteiger charge is 2.31. The molecule has 1 heterocycles. The molecule has 0 bridgehead atoms. The molecule has 3 rings (SSSR count). The van der Waals surface area contributed by atoms with E-state index in [2.05, 4.69) is 5.32 Å². The van der Waals surface area contributed by atoms with Gasteiger partial charge in [-0.05, 0) is 36.2 Å². The lowest BCUT2D eigenvalue weighted by Gasteiger charge is -2.18. The van der Waals surface area contributed by atoms with Gasteiger partial charge in [-0.25, -0.2) is 4.79 Å². The number of fused-ring (bicyclic) bond motifs is 1. The van der Waals surface area contributed by atoms with E-state index in [0.29, 0.717) is 6.54 Å². The van der Waals surface area contributed by atoms with Gasteiger partial charge in [0.2, 0.25) is 0 Å². The fraction of sp³-hybridized carbons (Fsp3) is 0.188. The second-order valence-corrected chi connectivity index (χ2v) is 5.04. The van der Waals surface area contributed by atoms with Crippen molar-refractivity contribution in [2.24, 2.45) is 0 Å². The molecule has 0 aromatic heterocycles. The van der Waals surface area contributed by atoms with Crippen molar-refractivity contribution in [2.75, 3.05) is 16.8 Å². The Bertz CT molecular complexity index is 713. The maximum absolute atomic E-state index is 12.7. The molecule has 2 aromatic carbocycles. The summed E-state index contributed by atoms with van der Waals surface area (Å²) in [6.45, 7) is 0.518. The van der Waals surface area contributed by atoms with Crippen LogP contribution < -0.4 is 10.2 Å². The molecule has 0 saturated heterocycles. The van der Waals surface area contributed by atoms with Crippen LogP contribution in [0, 0.1) is 0 Å². The summed E-state index contributed by atoms with van der Waals surface area (Å²) in [6, 6.07) is 11.7. The number of hydrogen-bond donors (Lipinski definition) is 1. The van der Waals surface area contributed by atoms with Gasteiger partial charge >= 0.3 is 12.2 Å². The van der Waals surface area contributed by atoms with Crippen molar-refractivity contribution in [1.29, 1.82) is 0 Å². The van der Waals surface area contributed by atoms with E-state index in [1.54, 1.807) is 0 Å². The van der Waals surface area contributed by atoms with Gasteiger partial charge in [-0.3, -0.25) is 4.90 Å². The number of rotatable bonds is 1. The number of urea groups is 1. The average molecular weight is 306 g/mol. The van der Waals surface area contributed by atoms with E-state index in [1.807, 2.05) is 24.3 Å². The fourth-order valence-electron chi connectivity index (χ4n) is 2.51. The van der Waals surface area contributed by atoms with E-state index >= 15 is 0 Å². The number of nitrogens with one attached hydrogen (secondary N) is 1. The number of carbonyl (C=O) groups excluding carboxylic acids is 1. The third kappa shape index (κ3) is 2.77. The smallest absolute Gasteiger partial charge is 0.308 e. The first-order chi connectivity index (χ1) is 10.4. The Labute approximate surface area is 125 Å². The molecule has 0 aliphatic carbocycles. The van der Waals surface area contributed by atoms with E-state index in [1.165, 1.54) is 17.0 Å². The molecule has 0 fully saturated rings. The van der Waals surface area contributed by atoms with Crippen LogP contribution in [0.1, 0.15) is 11.1 Å². The summed E-state index contributed by atoms with van der Waals surface area (Å²) in [4.78, 5) is 13.8. The Kier molecular flexibility index (Phi) is 3.52. The maximum Gasteiger partial charge on any atom is 0.416 e. The van der Waals surface area contributed by atoms with Gasteiger partial charge in [0.15, 0.2) is 0 Å². The molecular formula is C16H13F3N2O. The maximum atomic E-state index is 12.7. The summed E-state index contributed by atoms with van der Waals surface area (Å²) < 4.78 is 38.0. The van der Waals surface area contributed by atoms with Crippen molar-refractivity contribution < 1.29 is 18.0 Å². The first kappa shape index (κ1) is 14.4. The molecule has 3 nitrogen and oxygen atoms in total. The third-order valence-electron chi connectivity index (χ3n) is 3.57. The zero-order chi connectivity index (χ0) is 15.7. The van der Waals surface area contributed by atoms with Crippen LogP contribution in [0.2, 0.25) is 0 Å². The molecule has 1 aliphatic heterocycles. The van der Waals surface area contributed by atoms with E-state index in [9.17, 15) is 18.0 Å². The van der Waals surface area contributed by atoms with E-state index in [0.717, 1.165) is 29.8 Å². The van der Waals surface area contributed by atoms with Crippen molar-refractivity contribution in [3.63, 3.8) is 0 Å². The minimum atomic E-state index is -4.43. The van der Waals surface area contributed by atoms with Crippen LogP contribution in [0.3, 0.4) is 0 Å². The van der Waals surface area contributed by atoms with Gasteiger partial charge in [-0.2, -0.15) is 13.2 Å². The van der Waals surface area contributed by atoms with E-state index < -0.39 is 17.8 Å². The Morgan fingerprint density at radius 3 is 2.64 bits per heavy atom. The van der Waals surface area contributed by atoms with E-state index in [4.69, 9.17) is 0 Å². The highest BCUT2D eigenvalue weighted by Crippen LogP contribution is 2.31. The molecular weight excluding hydrogens is 293 g/mol. The molecule has 0 unspecified atom stereocenters. The normalized spacial score (nSPS) is 13.9. The van der Waals surface area contributed by atoms with Crippen molar-refractivity contribution in [3.8, 4) is 0 Å². The van der Waals surface area contributed by atoms with Crippen LogP contribution in [0.15, 0.2) is 48.5 Å². The fourth-order valence-corrected chi connectivity index (χ4v) is 2.51. The van der Waals surface area contributed by atoms with Crippen LogP contribution in [0.25, 0.3) is 0 Å². The Morgan fingerprint density at radius 1 is 1.09 bits per heavy atom. The molecule has 22 heavy (non-hydrogen) atoms. The zero-order valence-corrected chi connectivity index (χ0v) is 11.5. The lowest BCUT2D eigenvalue weighted by atomic mass is 10.2. The van der Waals surface area contributed by atoms with Crippen molar-refractivity contribution in [1.82, 2.24) is 0 Å². The molecule has 0 atom stereocenters. The van der Waals surface area contributed by atoms with Gasteiger partial charge < -0.3 is 5.32 Å². The molecule has 1 aliphatic rings. The molecule has 6 heteroatoms. The number of carbonyl (C=O) groups is 1. The van der Waals surface area contributed by atoms with Gasteiger partial charge in [-0.15, -0.1) is 0 Å². The molecule has 114 valence electrons. The van der Waals surface area contributed by atoms with Gasteiger partial charge in [0.25, 0.3) is 0 Å². The molecule has 2 amide bonds. The Hall–Kier alpha value is -2.50. The summed E-state index contributed by atoms with van der Waals surface area (Å²) >= 11 is 0. The molecule has 0 saturated carbocycles. The van der Waals surface area contributed by atoms with Gasteiger partial charge in [0.05, 0.1) is 5.56 Å². The second-order valence-electron chi connectivity index (χ2n) is 5.04. The lowest BCUT2D eigenvalue weighted by molar-refractivity contribution is -0.137. The Balaban J connectivity index is 1.79. The highest BCUT2D eigenvalue weighted by atomic mass is 19.4. The summed E-state index contributed by atoms with van der Waals surface area (Å²) in [5, 5.41) is 2.52. The predicted octanol–water partition coefficient (Wildman–Crippen LogP) is 4.30. The van der Waals surface area contributed by atoms with Crippen LogP contribution in [-0.4, -0.2) is 12.6 Å². The summed E-state index contributed by atoms with van der Waals surface area (Å²) in [5.41, 5.74) is 1.20. The average Bonchev–Trinajstić information content (AvgIpc) is 2.90. The summed E-state index contributed by atoms with van der Waals surface area (Å²) in [6.07, 6.45) is -3.69. The van der Waals surface area contributed by atoms with Crippen LogP contribution in [0.5, 0.6) is 0 Å². The lowest BCUT2D eigenvalue weighted by Crippen LogP contribution is -2.33. The van der Waals surface area contributed by atoms with Crippen LogP contribution in [-0.2, 0) is 12.6 Å². The monoisotopic (exact) mass is 306 g/mol.